The molecule has 4 heteroatoms. The van der Waals surface area contributed by atoms with Crippen molar-refractivity contribution in [3.8, 4) is 0 Å². The van der Waals surface area contributed by atoms with Crippen LogP contribution in [0.1, 0.15) is 30.9 Å². The van der Waals surface area contributed by atoms with Gasteiger partial charge in [0.2, 0.25) is 5.91 Å². The summed E-state index contributed by atoms with van der Waals surface area (Å²) in [5, 5.41) is 6.10. The van der Waals surface area contributed by atoms with Gasteiger partial charge in [-0.05, 0) is 43.5 Å². The predicted octanol–water partition coefficient (Wildman–Crippen LogP) is 3.39. The molecule has 1 aromatic rings. The molecule has 100 valence electrons. The topological polar surface area (TPSA) is 41.1 Å². The Balaban J connectivity index is 2.51. The van der Waals surface area contributed by atoms with Gasteiger partial charge in [0.05, 0.1) is 6.54 Å². The van der Waals surface area contributed by atoms with Gasteiger partial charge in [0.1, 0.15) is 0 Å². The highest BCUT2D eigenvalue weighted by molar-refractivity contribution is 9.10. The largest absolute Gasteiger partial charge is 0.376 e. The van der Waals surface area contributed by atoms with Crippen molar-refractivity contribution < 1.29 is 4.79 Å². The fourth-order valence-electron chi connectivity index (χ4n) is 1.83. The quantitative estimate of drug-likeness (QED) is 0.790. The van der Waals surface area contributed by atoms with E-state index in [1.807, 2.05) is 26.0 Å². The lowest BCUT2D eigenvalue weighted by Gasteiger charge is -2.13. The molecule has 0 spiro atoms. The lowest BCUT2D eigenvalue weighted by Crippen LogP contribution is -2.30. The van der Waals surface area contributed by atoms with E-state index in [-0.39, 0.29) is 5.91 Å². The van der Waals surface area contributed by atoms with Crippen LogP contribution in [0.25, 0.3) is 0 Å². The van der Waals surface area contributed by atoms with Crippen molar-refractivity contribution in [2.45, 2.75) is 33.6 Å². The van der Waals surface area contributed by atoms with Crippen LogP contribution in [0, 0.1) is 13.8 Å². The van der Waals surface area contributed by atoms with Crippen LogP contribution in [-0.4, -0.2) is 19.0 Å². The van der Waals surface area contributed by atoms with Crippen molar-refractivity contribution in [1.29, 1.82) is 0 Å². The van der Waals surface area contributed by atoms with Crippen LogP contribution in [-0.2, 0) is 4.79 Å². The Hall–Kier alpha value is -1.03. The fraction of sp³-hybridized carbons (Fsp3) is 0.500. The average Bonchev–Trinajstić information content (AvgIpc) is 2.27. The molecule has 0 aliphatic rings. The summed E-state index contributed by atoms with van der Waals surface area (Å²) in [4.78, 5) is 11.6. The van der Waals surface area contributed by atoms with Gasteiger partial charge in [0.15, 0.2) is 0 Å². The van der Waals surface area contributed by atoms with E-state index in [1.165, 1.54) is 0 Å². The number of carbonyl (C=O) groups excluding carboxylic acids is 1. The van der Waals surface area contributed by atoms with Gasteiger partial charge in [-0.1, -0.05) is 29.3 Å². The van der Waals surface area contributed by atoms with Gasteiger partial charge in [0, 0.05) is 16.7 Å². The summed E-state index contributed by atoms with van der Waals surface area (Å²) in [6.45, 7) is 7.27. The number of anilines is 1. The van der Waals surface area contributed by atoms with Crippen LogP contribution in [0.3, 0.4) is 0 Å². The van der Waals surface area contributed by atoms with Crippen molar-refractivity contribution >= 4 is 27.5 Å². The van der Waals surface area contributed by atoms with E-state index in [9.17, 15) is 4.79 Å². The molecule has 0 saturated carbocycles. The number of halogens is 1. The first-order valence-corrected chi connectivity index (χ1v) is 7.11. The second-order valence-electron chi connectivity index (χ2n) is 4.47. The second-order valence-corrected chi connectivity index (χ2v) is 5.39. The standard InChI is InChI=1S/C14H21BrN2O/c1-4-5-6-16-13(18)9-17-14-10(2)7-12(15)8-11(14)3/h7-8,17H,4-6,9H2,1-3H3,(H,16,18). The third-order valence-electron chi connectivity index (χ3n) is 2.78. The maximum absolute atomic E-state index is 11.6. The fourth-order valence-corrected chi connectivity index (χ4v) is 2.51. The molecule has 2 N–H and O–H groups in total. The molecule has 0 atom stereocenters. The van der Waals surface area contributed by atoms with Gasteiger partial charge in [-0.2, -0.15) is 0 Å². The van der Waals surface area contributed by atoms with Crippen LogP contribution < -0.4 is 10.6 Å². The summed E-state index contributed by atoms with van der Waals surface area (Å²) < 4.78 is 1.07. The van der Waals surface area contributed by atoms with Gasteiger partial charge in [-0.25, -0.2) is 0 Å². The number of unbranched alkanes of at least 4 members (excludes halogenated alkanes) is 1. The molecule has 0 aromatic heterocycles. The van der Waals surface area contributed by atoms with Crippen molar-refractivity contribution in [3.05, 3.63) is 27.7 Å². The van der Waals surface area contributed by atoms with Crippen molar-refractivity contribution in [3.63, 3.8) is 0 Å². The molecule has 0 aliphatic heterocycles. The maximum Gasteiger partial charge on any atom is 0.239 e. The van der Waals surface area contributed by atoms with Gasteiger partial charge in [-0.3, -0.25) is 4.79 Å². The molecule has 0 aliphatic carbocycles. The Morgan fingerprint density at radius 3 is 2.44 bits per heavy atom. The van der Waals surface area contributed by atoms with E-state index < -0.39 is 0 Å². The SMILES string of the molecule is CCCCNC(=O)CNc1c(C)cc(Br)cc1C. The van der Waals surface area contributed by atoms with Crippen molar-refractivity contribution in [2.24, 2.45) is 0 Å². The lowest BCUT2D eigenvalue weighted by molar-refractivity contribution is -0.119. The number of carbonyl (C=O) groups is 1. The summed E-state index contributed by atoms with van der Waals surface area (Å²) in [5.74, 6) is 0.0465. The van der Waals surface area contributed by atoms with Gasteiger partial charge >= 0.3 is 0 Å². The Bertz CT molecular complexity index is 395. The average molecular weight is 313 g/mol. The summed E-state index contributed by atoms with van der Waals surface area (Å²) in [5.41, 5.74) is 3.33. The molecule has 0 unspecified atom stereocenters. The van der Waals surface area contributed by atoms with Gasteiger partial charge in [0.25, 0.3) is 0 Å². The number of hydrogen-bond donors (Lipinski definition) is 2. The van der Waals surface area contributed by atoms with E-state index in [0.717, 1.165) is 40.7 Å². The summed E-state index contributed by atoms with van der Waals surface area (Å²) in [6, 6.07) is 4.09. The van der Waals surface area contributed by atoms with E-state index in [1.54, 1.807) is 0 Å². The van der Waals surface area contributed by atoms with E-state index in [4.69, 9.17) is 0 Å². The van der Waals surface area contributed by atoms with E-state index in [0.29, 0.717) is 6.54 Å². The van der Waals surface area contributed by atoms with Gasteiger partial charge < -0.3 is 10.6 Å². The number of rotatable bonds is 6. The molecule has 0 heterocycles. The van der Waals surface area contributed by atoms with Crippen LogP contribution in [0.5, 0.6) is 0 Å². The highest BCUT2D eigenvalue weighted by Gasteiger charge is 2.06. The monoisotopic (exact) mass is 312 g/mol. The Kier molecular flexibility index (Phi) is 6.19. The summed E-state index contributed by atoms with van der Waals surface area (Å²) in [7, 11) is 0. The number of hydrogen-bond acceptors (Lipinski definition) is 2. The minimum Gasteiger partial charge on any atom is -0.376 e. The van der Waals surface area contributed by atoms with Crippen LogP contribution >= 0.6 is 15.9 Å². The molecular weight excluding hydrogens is 292 g/mol. The maximum atomic E-state index is 11.6. The zero-order valence-corrected chi connectivity index (χ0v) is 12.9. The van der Waals surface area contributed by atoms with Crippen LogP contribution in [0.15, 0.2) is 16.6 Å². The molecule has 3 nitrogen and oxygen atoms in total. The first kappa shape index (κ1) is 15.0. The van der Waals surface area contributed by atoms with Crippen molar-refractivity contribution in [2.75, 3.05) is 18.4 Å². The lowest BCUT2D eigenvalue weighted by atomic mass is 10.1. The summed E-state index contributed by atoms with van der Waals surface area (Å²) in [6.07, 6.45) is 2.13. The van der Waals surface area contributed by atoms with Crippen molar-refractivity contribution in [1.82, 2.24) is 5.32 Å². The molecule has 0 saturated heterocycles. The summed E-state index contributed by atoms with van der Waals surface area (Å²) >= 11 is 3.46. The molecule has 18 heavy (non-hydrogen) atoms. The number of aryl methyl sites for hydroxylation is 2. The normalized spacial score (nSPS) is 10.2. The number of benzene rings is 1. The first-order chi connectivity index (χ1) is 8.54. The zero-order chi connectivity index (χ0) is 13.5. The van der Waals surface area contributed by atoms with Crippen LogP contribution in [0.4, 0.5) is 5.69 Å². The van der Waals surface area contributed by atoms with Crippen LogP contribution in [0.2, 0.25) is 0 Å². The Morgan fingerprint density at radius 2 is 1.89 bits per heavy atom. The molecular formula is C14H21BrN2O. The zero-order valence-electron chi connectivity index (χ0n) is 11.3. The first-order valence-electron chi connectivity index (χ1n) is 6.32. The third-order valence-corrected chi connectivity index (χ3v) is 3.23. The predicted molar refractivity (Wildman–Crippen MR) is 80.0 cm³/mol. The third kappa shape index (κ3) is 4.69. The molecule has 1 amide bonds. The second kappa shape index (κ2) is 7.41. The van der Waals surface area contributed by atoms with E-state index in [2.05, 4.69) is 33.5 Å². The minimum absolute atomic E-state index is 0.0465. The highest BCUT2D eigenvalue weighted by Crippen LogP contribution is 2.24. The molecule has 0 fully saturated rings. The Morgan fingerprint density at radius 1 is 1.28 bits per heavy atom. The molecule has 0 radical (unpaired) electrons. The smallest absolute Gasteiger partial charge is 0.239 e. The van der Waals surface area contributed by atoms with E-state index >= 15 is 0 Å². The molecule has 0 bridgehead atoms. The molecule has 1 rings (SSSR count). The number of nitrogens with one attached hydrogen (secondary N) is 2. The Labute approximate surface area is 117 Å². The van der Waals surface area contributed by atoms with Gasteiger partial charge in [-0.15, -0.1) is 0 Å². The molecule has 1 aromatic carbocycles. The minimum atomic E-state index is 0.0465. The number of amides is 1. The highest BCUT2D eigenvalue weighted by atomic mass is 79.9.